The monoisotopic (exact) mass is 366 g/mol. The second kappa shape index (κ2) is 8.44. The number of aromatic nitrogens is 1. The summed E-state index contributed by atoms with van der Waals surface area (Å²) in [5.74, 6) is -0.172. The van der Waals surface area contributed by atoms with E-state index in [-0.39, 0.29) is 12.0 Å². The topological polar surface area (TPSA) is 77.7 Å². The van der Waals surface area contributed by atoms with Crippen LogP contribution in [0.3, 0.4) is 0 Å². The summed E-state index contributed by atoms with van der Waals surface area (Å²) in [5.41, 5.74) is 0.00366. The highest BCUT2D eigenvalue weighted by molar-refractivity contribution is 7.71. The van der Waals surface area contributed by atoms with Crippen molar-refractivity contribution in [1.82, 2.24) is 20.1 Å². The van der Waals surface area contributed by atoms with E-state index in [2.05, 4.69) is 15.2 Å². The lowest BCUT2D eigenvalue weighted by atomic mass is 10.2. The molecule has 0 radical (unpaired) electrons. The number of aromatic amines is 1. The fraction of sp³-hybridized carbons (Fsp3) is 0.588. The van der Waals surface area contributed by atoms with Gasteiger partial charge in [-0.05, 0) is 32.9 Å². The third-order valence-corrected chi connectivity index (χ3v) is 4.14. The lowest BCUT2D eigenvalue weighted by Crippen LogP contribution is -2.51. The van der Waals surface area contributed by atoms with Gasteiger partial charge in [-0.2, -0.15) is 0 Å². The van der Waals surface area contributed by atoms with Crippen LogP contribution in [-0.2, 0) is 4.74 Å². The Labute approximate surface area is 153 Å². The van der Waals surface area contributed by atoms with Crippen LogP contribution in [0.25, 0.3) is 0 Å². The van der Waals surface area contributed by atoms with Crippen molar-refractivity contribution >= 4 is 24.2 Å². The molecule has 2 heterocycles. The van der Waals surface area contributed by atoms with Gasteiger partial charge in [0.2, 0.25) is 0 Å². The molecule has 8 heteroatoms. The molecule has 138 valence electrons. The van der Waals surface area contributed by atoms with E-state index in [1.807, 2.05) is 20.8 Å². The van der Waals surface area contributed by atoms with Crippen molar-refractivity contribution in [2.45, 2.75) is 26.4 Å². The van der Waals surface area contributed by atoms with Gasteiger partial charge in [-0.1, -0.05) is 12.2 Å². The van der Waals surface area contributed by atoms with Crippen molar-refractivity contribution in [1.29, 1.82) is 0 Å². The third kappa shape index (κ3) is 6.13. The minimum Gasteiger partial charge on any atom is -0.444 e. The molecule has 0 unspecified atom stereocenters. The van der Waals surface area contributed by atoms with Crippen LogP contribution in [0.4, 0.5) is 4.79 Å². The maximum Gasteiger partial charge on any atom is 0.410 e. The van der Waals surface area contributed by atoms with Crippen molar-refractivity contribution in [2.24, 2.45) is 0 Å². The van der Waals surface area contributed by atoms with Crippen LogP contribution in [-0.4, -0.2) is 71.7 Å². The Kier molecular flexibility index (Phi) is 6.55. The number of ether oxygens (including phenoxy) is 1. The molecule has 1 aliphatic heterocycles. The molecule has 0 aromatic carbocycles. The standard InChI is InChI=1S/C17H26N4O3S/c1-17(2,3)24-16(23)21-11-9-20(10-12-21)8-7-18-14(22)13-5-4-6-19-15(13)25/h4-6H,7-12H2,1-3H3,(H,18,22)(H,19,25). The highest BCUT2D eigenvalue weighted by atomic mass is 32.1. The quantitative estimate of drug-likeness (QED) is 0.797. The van der Waals surface area contributed by atoms with Gasteiger partial charge >= 0.3 is 6.09 Å². The number of amides is 2. The Hall–Kier alpha value is -1.93. The molecule has 1 saturated heterocycles. The maximum absolute atomic E-state index is 12.1. The Bertz CT molecular complexity index is 660. The number of rotatable bonds is 4. The van der Waals surface area contributed by atoms with Crippen molar-refractivity contribution in [2.75, 3.05) is 39.3 Å². The molecule has 25 heavy (non-hydrogen) atoms. The van der Waals surface area contributed by atoms with Gasteiger partial charge in [0.25, 0.3) is 5.91 Å². The molecule has 0 bridgehead atoms. The Morgan fingerprint density at radius 3 is 2.56 bits per heavy atom. The number of hydrogen-bond acceptors (Lipinski definition) is 5. The summed E-state index contributed by atoms with van der Waals surface area (Å²) in [5, 5.41) is 2.88. The molecule has 1 aromatic heterocycles. The zero-order valence-electron chi connectivity index (χ0n) is 15.0. The van der Waals surface area contributed by atoms with E-state index >= 15 is 0 Å². The number of hydrogen-bond donors (Lipinski definition) is 2. The number of pyridine rings is 1. The van der Waals surface area contributed by atoms with E-state index in [9.17, 15) is 9.59 Å². The molecule has 2 N–H and O–H groups in total. The average molecular weight is 366 g/mol. The van der Waals surface area contributed by atoms with Gasteiger partial charge in [0, 0.05) is 45.5 Å². The summed E-state index contributed by atoms with van der Waals surface area (Å²) < 4.78 is 5.82. The van der Waals surface area contributed by atoms with Gasteiger partial charge in [-0.3, -0.25) is 9.69 Å². The highest BCUT2D eigenvalue weighted by Gasteiger charge is 2.25. The molecule has 1 aliphatic rings. The summed E-state index contributed by atoms with van der Waals surface area (Å²) in [6.07, 6.45) is 1.43. The molecule has 1 aromatic rings. The van der Waals surface area contributed by atoms with E-state index in [0.717, 1.165) is 19.6 Å². The molecule has 0 spiro atoms. The first-order chi connectivity index (χ1) is 11.8. The smallest absolute Gasteiger partial charge is 0.410 e. The fourth-order valence-electron chi connectivity index (χ4n) is 2.50. The summed E-state index contributed by atoms with van der Waals surface area (Å²) in [4.78, 5) is 30.9. The minimum atomic E-state index is -0.475. The molecule has 2 amide bonds. The molecular formula is C17H26N4O3S. The molecule has 2 rings (SSSR count). The molecule has 1 fully saturated rings. The van der Waals surface area contributed by atoms with Crippen LogP contribution in [0.5, 0.6) is 0 Å². The Balaban J connectivity index is 1.71. The van der Waals surface area contributed by atoms with Crippen LogP contribution in [0.1, 0.15) is 31.1 Å². The summed E-state index contributed by atoms with van der Waals surface area (Å²) in [6.45, 7) is 9.65. The molecule has 0 atom stereocenters. The predicted molar refractivity (Wildman–Crippen MR) is 98.2 cm³/mol. The van der Waals surface area contributed by atoms with Gasteiger partial charge in [0.15, 0.2) is 0 Å². The SMILES string of the molecule is CC(C)(C)OC(=O)N1CCN(CCNC(=O)c2ccc[nH]c2=S)CC1. The van der Waals surface area contributed by atoms with E-state index in [1.54, 1.807) is 23.2 Å². The number of carbonyl (C=O) groups is 2. The van der Waals surface area contributed by atoms with Crippen LogP contribution < -0.4 is 5.32 Å². The van der Waals surface area contributed by atoms with E-state index in [0.29, 0.717) is 29.8 Å². The summed E-state index contributed by atoms with van der Waals surface area (Å²) in [6, 6.07) is 3.45. The van der Waals surface area contributed by atoms with Gasteiger partial charge in [0.1, 0.15) is 10.2 Å². The number of nitrogens with zero attached hydrogens (tertiary/aromatic N) is 2. The minimum absolute atomic E-state index is 0.172. The van der Waals surface area contributed by atoms with Gasteiger partial charge in [-0.25, -0.2) is 4.79 Å². The first kappa shape index (κ1) is 19.4. The molecule has 0 aliphatic carbocycles. The second-order valence-electron chi connectivity index (χ2n) is 6.98. The predicted octanol–water partition coefficient (Wildman–Crippen LogP) is 2.03. The Morgan fingerprint density at radius 1 is 1.28 bits per heavy atom. The lowest BCUT2D eigenvalue weighted by molar-refractivity contribution is 0.0147. The third-order valence-electron chi connectivity index (χ3n) is 3.80. The summed E-state index contributed by atoms with van der Waals surface area (Å²) >= 11 is 5.10. The van der Waals surface area contributed by atoms with E-state index in [1.165, 1.54) is 0 Å². The Morgan fingerprint density at radius 2 is 1.96 bits per heavy atom. The molecular weight excluding hydrogens is 340 g/mol. The number of piperazine rings is 1. The van der Waals surface area contributed by atoms with E-state index < -0.39 is 5.60 Å². The number of nitrogens with one attached hydrogen (secondary N) is 2. The number of H-pyrrole nitrogens is 1. The van der Waals surface area contributed by atoms with Gasteiger partial charge in [0.05, 0.1) is 5.56 Å². The van der Waals surface area contributed by atoms with Crippen molar-refractivity contribution in [3.63, 3.8) is 0 Å². The molecule has 7 nitrogen and oxygen atoms in total. The first-order valence-corrected chi connectivity index (χ1v) is 8.83. The second-order valence-corrected chi connectivity index (χ2v) is 7.39. The fourth-order valence-corrected chi connectivity index (χ4v) is 2.73. The van der Waals surface area contributed by atoms with Gasteiger partial charge in [-0.15, -0.1) is 0 Å². The largest absolute Gasteiger partial charge is 0.444 e. The first-order valence-electron chi connectivity index (χ1n) is 8.42. The van der Waals surface area contributed by atoms with Crippen molar-refractivity contribution < 1.29 is 14.3 Å². The normalized spacial score (nSPS) is 15.7. The number of carbonyl (C=O) groups excluding carboxylic acids is 2. The van der Waals surface area contributed by atoms with Crippen LogP contribution in [0, 0.1) is 4.64 Å². The van der Waals surface area contributed by atoms with Gasteiger partial charge < -0.3 is 19.9 Å². The molecule has 0 saturated carbocycles. The van der Waals surface area contributed by atoms with Crippen LogP contribution >= 0.6 is 12.2 Å². The lowest BCUT2D eigenvalue weighted by Gasteiger charge is -2.35. The zero-order chi connectivity index (χ0) is 18.4. The van der Waals surface area contributed by atoms with Crippen LogP contribution in [0.2, 0.25) is 0 Å². The highest BCUT2D eigenvalue weighted by Crippen LogP contribution is 2.11. The van der Waals surface area contributed by atoms with Crippen LogP contribution in [0.15, 0.2) is 18.3 Å². The summed E-state index contributed by atoms with van der Waals surface area (Å²) in [7, 11) is 0. The van der Waals surface area contributed by atoms with Crippen molar-refractivity contribution in [3.05, 3.63) is 28.5 Å². The van der Waals surface area contributed by atoms with E-state index in [4.69, 9.17) is 17.0 Å². The van der Waals surface area contributed by atoms with Crippen molar-refractivity contribution in [3.8, 4) is 0 Å². The average Bonchev–Trinajstić information content (AvgIpc) is 2.54. The zero-order valence-corrected chi connectivity index (χ0v) is 15.8. The maximum atomic E-state index is 12.1.